The standard InChI is InChI=1S/C66H121NO10/c1-4-7-10-13-16-19-22-24-25-26-27-28-29-30-31-32-33-34-35-36-39-42-45-48-51-54-61(71)77-64-63(73)62(72)60(55-68)76-66(64)75-56-57(58(69)52-49-46-43-40-37-21-18-15-12-9-6-3)67-65(74)59(70)53-50-47-44-41-38-23-20-17-14-11-8-5-2/h16,19,24-25,27-28,49,52,57-60,62-64,66,68-70,72-73H,4-15,17-18,20-23,26,29-48,50-51,53-56H2,1-3H3,(H,67,74)/b19-16-,25-24-,28-27-,52-49+. The first-order chi connectivity index (χ1) is 37.7. The van der Waals surface area contributed by atoms with E-state index in [4.69, 9.17) is 14.2 Å². The summed E-state index contributed by atoms with van der Waals surface area (Å²) in [6.45, 7) is 5.76. The van der Waals surface area contributed by atoms with Crippen molar-refractivity contribution in [1.82, 2.24) is 5.32 Å². The van der Waals surface area contributed by atoms with Gasteiger partial charge in [0.2, 0.25) is 5.91 Å². The van der Waals surface area contributed by atoms with E-state index in [-0.39, 0.29) is 13.0 Å². The zero-order chi connectivity index (χ0) is 56.1. The minimum Gasteiger partial charge on any atom is -0.454 e. The van der Waals surface area contributed by atoms with E-state index in [1.54, 1.807) is 6.08 Å². The predicted molar refractivity (Wildman–Crippen MR) is 320 cm³/mol. The van der Waals surface area contributed by atoms with Crippen molar-refractivity contribution in [3.8, 4) is 0 Å². The van der Waals surface area contributed by atoms with Gasteiger partial charge in [0.1, 0.15) is 24.4 Å². The topological polar surface area (TPSA) is 175 Å². The number of rotatable bonds is 55. The number of nitrogens with one attached hydrogen (secondary N) is 1. The summed E-state index contributed by atoms with van der Waals surface area (Å²) >= 11 is 0. The zero-order valence-electron chi connectivity index (χ0n) is 49.8. The molecule has 1 aliphatic rings. The number of carbonyl (C=O) groups excluding carboxylic acids is 2. The molecule has 11 nitrogen and oxygen atoms in total. The molecule has 1 fully saturated rings. The molecule has 1 rings (SSSR count). The van der Waals surface area contributed by atoms with Gasteiger partial charge >= 0.3 is 5.97 Å². The molecule has 1 heterocycles. The maximum absolute atomic E-state index is 13.4. The molecule has 8 unspecified atom stereocenters. The molecule has 0 bridgehead atoms. The maximum Gasteiger partial charge on any atom is 0.306 e. The molecule has 1 saturated heterocycles. The highest BCUT2D eigenvalue weighted by Crippen LogP contribution is 2.26. The second-order valence-electron chi connectivity index (χ2n) is 22.5. The first-order valence-electron chi connectivity index (χ1n) is 32.4. The number of hydrogen-bond donors (Lipinski definition) is 6. The molecule has 0 spiro atoms. The van der Waals surface area contributed by atoms with Crippen LogP contribution in [0.3, 0.4) is 0 Å². The number of aliphatic hydroxyl groups excluding tert-OH is 5. The van der Waals surface area contributed by atoms with Crippen molar-refractivity contribution in [1.29, 1.82) is 0 Å². The van der Waals surface area contributed by atoms with Crippen molar-refractivity contribution in [2.75, 3.05) is 13.2 Å². The molecule has 1 aliphatic heterocycles. The summed E-state index contributed by atoms with van der Waals surface area (Å²) in [5, 5.41) is 56.9. The van der Waals surface area contributed by atoms with Crippen LogP contribution in [0.25, 0.3) is 0 Å². The number of aliphatic hydroxyl groups is 5. The normalized spacial score (nSPS) is 19.3. The molecule has 0 aromatic carbocycles. The second-order valence-corrected chi connectivity index (χ2v) is 22.5. The lowest BCUT2D eigenvalue weighted by Gasteiger charge is -2.41. The van der Waals surface area contributed by atoms with Crippen LogP contribution in [0, 0.1) is 0 Å². The molecular weight excluding hydrogens is 967 g/mol. The van der Waals surface area contributed by atoms with Gasteiger partial charge in [-0.05, 0) is 64.2 Å². The lowest BCUT2D eigenvalue weighted by Crippen LogP contribution is -2.61. The van der Waals surface area contributed by atoms with E-state index in [9.17, 15) is 35.1 Å². The van der Waals surface area contributed by atoms with Crippen LogP contribution in [0.1, 0.15) is 297 Å². The number of carbonyl (C=O) groups is 2. The minimum absolute atomic E-state index is 0.123. The molecule has 0 radical (unpaired) electrons. The monoisotopic (exact) mass is 1090 g/mol. The van der Waals surface area contributed by atoms with Crippen LogP contribution in [0.2, 0.25) is 0 Å². The molecule has 77 heavy (non-hydrogen) atoms. The van der Waals surface area contributed by atoms with Gasteiger partial charge < -0.3 is 45.1 Å². The Labute approximate surface area is 472 Å². The number of hydrogen-bond acceptors (Lipinski definition) is 10. The Kier molecular flexibility index (Phi) is 51.1. The van der Waals surface area contributed by atoms with Gasteiger partial charge in [-0.3, -0.25) is 9.59 Å². The summed E-state index contributed by atoms with van der Waals surface area (Å²) in [7, 11) is 0. The highest BCUT2D eigenvalue weighted by Gasteiger charge is 2.47. The molecule has 1 amide bonds. The van der Waals surface area contributed by atoms with Gasteiger partial charge in [-0.15, -0.1) is 0 Å². The van der Waals surface area contributed by atoms with E-state index in [2.05, 4.69) is 62.5 Å². The van der Waals surface area contributed by atoms with E-state index in [1.807, 2.05) is 6.08 Å². The zero-order valence-corrected chi connectivity index (χ0v) is 49.8. The molecule has 0 aromatic heterocycles. The SMILES string of the molecule is CCCCC/C=C\C/C=C\C/C=C\CCCCCCCCCCCCCCC(=O)OC1C(OCC(NC(=O)C(O)CCCCCCCCCCCCCC)C(O)/C=C/CCCCCCCCCCC)OC(CO)C(O)C1O. The third-order valence-corrected chi connectivity index (χ3v) is 15.2. The van der Waals surface area contributed by atoms with E-state index in [0.717, 1.165) is 70.6 Å². The van der Waals surface area contributed by atoms with E-state index >= 15 is 0 Å². The van der Waals surface area contributed by atoms with Gasteiger partial charge in [-0.2, -0.15) is 0 Å². The van der Waals surface area contributed by atoms with Crippen LogP contribution in [-0.4, -0.2) is 99.6 Å². The fourth-order valence-corrected chi connectivity index (χ4v) is 10.1. The van der Waals surface area contributed by atoms with Crippen molar-refractivity contribution >= 4 is 11.9 Å². The highest BCUT2D eigenvalue weighted by molar-refractivity contribution is 5.80. The van der Waals surface area contributed by atoms with Crippen LogP contribution in [0.5, 0.6) is 0 Å². The Morgan fingerprint density at radius 2 is 0.896 bits per heavy atom. The van der Waals surface area contributed by atoms with Crippen molar-refractivity contribution < 1.29 is 49.3 Å². The first-order valence-corrected chi connectivity index (χ1v) is 32.4. The smallest absolute Gasteiger partial charge is 0.306 e. The molecule has 8 atom stereocenters. The average molecular weight is 1090 g/mol. The van der Waals surface area contributed by atoms with Crippen molar-refractivity contribution in [3.63, 3.8) is 0 Å². The molecule has 0 saturated carbocycles. The van der Waals surface area contributed by atoms with E-state index in [1.165, 1.54) is 180 Å². The molecule has 0 aliphatic carbocycles. The number of ether oxygens (including phenoxy) is 3. The van der Waals surface area contributed by atoms with Gasteiger partial charge in [0.05, 0.1) is 25.4 Å². The lowest BCUT2D eigenvalue weighted by atomic mass is 9.99. The summed E-state index contributed by atoms with van der Waals surface area (Å²) in [5.41, 5.74) is 0. The van der Waals surface area contributed by atoms with Crippen molar-refractivity contribution in [2.24, 2.45) is 0 Å². The van der Waals surface area contributed by atoms with Gasteiger partial charge in [0.15, 0.2) is 12.4 Å². The Morgan fingerprint density at radius 3 is 1.36 bits per heavy atom. The third kappa shape index (κ3) is 42.2. The Bertz CT molecular complexity index is 1440. The van der Waals surface area contributed by atoms with Gasteiger partial charge in [0.25, 0.3) is 0 Å². The molecule has 11 heteroatoms. The summed E-state index contributed by atoms with van der Waals surface area (Å²) in [6.07, 6.45) is 55.9. The first kappa shape index (κ1) is 72.6. The second kappa shape index (κ2) is 54.2. The summed E-state index contributed by atoms with van der Waals surface area (Å²) in [4.78, 5) is 26.5. The van der Waals surface area contributed by atoms with Crippen molar-refractivity contribution in [3.05, 3.63) is 48.6 Å². The van der Waals surface area contributed by atoms with Crippen LogP contribution < -0.4 is 5.32 Å². The summed E-state index contributed by atoms with van der Waals surface area (Å²) in [6, 6.07) is -1.02. The molecule has 0 aromatic rings. The van der Waals surface area contributed by atoms with Gasteiger partial charge in [-0.25, -0.2) is 0 Å². The van der Waals surface area contributed by atoms with Crippen LogP contribution in [0.15, 0.2) is 48.6 Å². The molecule has 450 valence electrons. The summed E-state index contributed by atoms with van der Waals surface area (Å²) < 4.78 is 17.6. The lowest BCUT2D eigenvalue weighted by molar-refractivity contribution is -0.305. The number of allylic oxidation sites excluding steroid dienone is 7. The Hall–Kier alpha value is -2.38. The molecule has 6 N–H and O–H groups in total. The Morgan fingerprint density at radius 1 is 0.506 bits per heavy atom. The summed E-state index contributed by atoms with van der Waals surface area (Å²) in [5.74, 6) is -1.19. The molecular formula is C66H121NO10. The Balaban J connectivity index is 2.56. The predicted octanol–water partition coefficient (Wildman–Crippen LogP) is 15.6. The van der Waals surface area contributed by atoms with Crippen molar-refractivity contribution in [2.45, 2.75) is 346 Å². The van der Waals surface area contributed by atoms with E-state index in [0.29, 0.717) is 19.3 Å². The minimum atomic E-state index is -1.61. The maximum atomic E-state index is 13.4. The highest BCUT2D eigenvalue weighted by atomic mass is 16.7. The van der Waals surface area contributed by atoms with Crippen LogP contribution in [-0.2, 0) is 23.8 Å². The average Bonchev–Trinajstić information content (AvgIpc) is 3.43. The number of amides is 1. The quantitative estimate of drug-likeness (QED) is 0.0195. The van der Waals surface area contributed by atoms with Crippen LogP contribution >= 0.6 is 0 Å². The number of unbranched alkanes of at least 4 members (excludes halogenated alkanes) is 35. The largest absolute Gasteiger partial charge is 0.454 e. The van der Waals surface area contributed by atoms with Gasteiger partial charge in [-0.1, -0.05) is 275 Å². The fraction of sp³-hybridized carbons (Fsp3) is 0.848. The third-order valence-electron chi connectivity index (χ3n) is 15.2. The van der Waals surface area contributed by atoms with Crippen LogP contribution in [0.4, 0.5) is 0 Å². The number of esters is 1. The van der Waals surface area contributed by atoms with Gasteiger partial charge in [0, 0.05) is 6.42 Å². The van der Waals surface area contributed by atoms with E-state index < -0.39 is 67.4 Å². The fourth-order valence-electron chi connectivity index (χ4n) is 10.1.